The van der Waals surface area contributed by atoms with Gasteiger partial charge in [0.2, 0.25) is 0 Å². The van der Waals surface area contributed by atoms with Gasteiger partial charge in [-0.15, -0.1) is 0 Å². The summed E-state index contributed by atoms with van der Waals surface area (Å²) in [5, 5.41) is 19.5. The Kier molecular flexibility index (Phi) is 6.20. The van der Waals surface area contributed by atoms with E-state index in [9.17, 15) is 0 Å². The van der Waals surface area contributed by atoms with Crippen molar-refractivity contribution in [3.05, 3.63) is 206 Å². The molecule has 0 aliphatic heterocycles. The van der Waals surface area contributed by atoms with Gasteiger partial charge >= 0.3 is 0 Å². The predicted molar refractivity (Wildman–Crippen MR) is 299 cm³/mol. The molecule has 0 spiro atoms. The van der Waals surface area contributed by atoms with Crippen LogP contribution in [0.4, 0.5) is 0 Å². The number of nitrogens with zero attached hydrogens (tertiary/aromatic N) is 4. The summed E-state index contributed by atoms with van der Waals surface area (Å²) >= 11 is 0. The molecule has 0 fully saturated rings. The molecule has 72 heavy (non-hydrogen) atoms. The molecule has 11 aromatic carbocycles. The van der Waals surface area contributed by atoms with Crippen molar-refractivity contribution in [1.29, 1.82) is 0 Å². The second-order valence-electron chi connectivity index (χ2n) is 19.9. The van der Waals surface area contributed by atoms with Crippen LogP contribution in [0.5, 0.6) is 0 Å². The maximum atomic E-state index is 6.54. The summed E-state index contributed by atoms with van der Waals surface area (Å²) in [6.45, 7) is 0. The van der Waals surface area contributed by atoms with E-state index in [1.165, 1.54) is 120 Å². The number of benzene rings is 11. The van der Waals surface area contributed by atoms with Crippen LogP contribution in [0.25, 0.3) is 175 Å². The molecule has 0 N–H and O–H groups in total. The van der Waals surface area contributed by atoms with Gasteiger partial charge in [-0.05, 0) is 84.9 Å². The zero-order valence-electron chi connectivity index (χ0n) is 38.2. The second-order valence-corrected chi connectivity index (χ2v) is 19.9. The van der Waals surface area contributed by atoms with Crippen molar-refractivity contribution in [3.63, 3.8) is 0 Å². The van der Waals surface area contributed by atoms with Crippen molar-refractivity contribution in [3.8, 4) is 11.4 Å². The highest BCUT2D eigenvalue weighted by atomic mass is 16.3. The molecule has 6 nitrogen and oxygen atoms in total. The third-order valence-corrected chi connectivity index (χ3v) is 16.6. The molecule has 0 aliphatic carbocycles. The lowest BCUT2D eigenvalue weighted by atomic mass is 9.99. The van der Waals surface area contributed by atoms with Crippen LogP contribution in [-0.4, -0.2) is 17.9 Å². The van der Waals surface area contributed by atoms with Gasteiger partial charge in [0.15, 0.2) is 0 Å². The summed E-state index contributed by atoms with van der Waals surface area (Å²) in [4.78, 5) is 0. The van der Waals surface area contributed by atoms with Gasteiger partial charge in [0.05, 0.1) is 77.3 Å². The van der Waals surface area contributed by atoms with E-state index in [-0.39, 0.29) is 0 Å². The fraction of sp³-hybridized carbons (Fsp3) is 0. The van der Waals surface area contributed by atoms with E-state index < -0.39 is 0 Å². The second kappa shape index (κ2) is 12.3. The Balaban J connectivity index is 1.04. The SMILES string of the molecule is c1ccc2c(c1)oc1cccc(-n3c4ccccc4c4c5c6cc7c8c9c%10ccccc%10n(-c%10cccc%11oc%12ccccc%12c%10%11)c9cc9c%10ccccc%10n(c7cc6n6c7ccccc7c(cc43)c56)c98)c12. The van der Waals surface area contributed by atoms with E-state index in [1.54, 1.807) is 0 Å². The first-order valence-electron chi connectivity index (χ1n) is 24.8. The third-order valence-electron chi connectivity index (χ3n) is 16.6. The van der Waals surface area contributed by atoms with E-state index in [2.05, 4.69) is 224 Å². The molecule has 330 valence electrons. The number of hydrogen-bond acceptors (Lipinski definition) is 2. The van der Waals surface area contributed by atoms with Gasteiger partial charge < -0.3 is 26.8 Å². The Hall–Kier alpha value is -9.78. The minimum absolute atomic E-state index is 0.885. The van der Waals surface area contributed by atoms with Crippen LogP contribution < -0.4 is 0 Å². The molecule has 0 radical (unpaired) electrons. The predicted octanol–water partition coefficient (Wildman–Crippen LogP) is 18.0. The third kappa shape index (κ3) is 4.05. The summed E-state index contributed by atoms with van der Waals surface area (Å²) in [5.74, 6) is 0. The highest BCUT2D eigenvalue weighted by Gasteiger charge is 2.29. The Morgan fingerprint density at radius 3 is 1.08 bits per heavy atom. The molecule has 19 aromatic rings. The Bertz CT molecular complexity index is 5310. The molecule has 0 atom stereocenters. The monoisotopic (exact) mass is 914 g/mol. The molecule has 19 rings (SSSR count). The topological polar surface area (TPSA) is 45.0 Å². The summed E-state index contributed by atoms with van der Waals surface area (Å²) in [6.07, 6.45) is 0. The summed E-state index contributed by atoms with van der Waals surface area (Å²) in [7, 11) is 0. The Morgan fingerprint density at radius 1 is 0.222 bits per heavy atom. The number of rotatable bonds is 2. The van der Waals surface area contributed by atoms with Crippen LogP contribution in [0.15, 0.2) is 215 Å². The first-order chi connectivity index (χ1) is 35.8. The first kappa shape index (κ1) is 36.2. The Labute approximate surface area is 406 Å². The highest BCUT2D eigenvalue weighted by Crippen LogP contribution is 2.52. The van der Waals surface area contributed by atoms with Gasteiger partial charge in [0.25, 0.3) is 0 Å². The van der Waals surface area contributed by atoms with Crippen LogP contribution in [0, 0.1) is 0 Å². The van der Waals surface area contributed by atoms with Crippen LogP contribution in [-0.2, 0) is 0 Å². The number of furan rings is 2. The Morgan fingerprint density at radius 2 is 0.611 bits per heavy atom. The summed E-state index contributed by atoms with van der Waals surface area (Å²) in [5.41, 5.74) is 17.8. The summed E-state index contributed by atoms with van der Waals surface area (Å²) < 4.78 is 23.2. The smallest absolute Gasteiger partial charge is 0.137 e. The molecule has 0 unspecified atom stereocenters. The normalized spacial score (nSPS) is 13.0. The molecule has 8 heterocycles. The molecule has 0 aliphatic rings. The van der Waals surface area contributed by atoms with Crippen LogP contribution >= 0.6 is 0 Å². The molecular weight excluding hydrogens is 881 g/mol. The van der Waals surface area contributed by atoms with Crippen molar-refractivity contribution >= 4 is 164 Å². The maximum Gasteiger partial charge on any atom is 0.137 e. The number of aromatic nitrogens is 4. The molecule has 0 amide bonds. The van der Waals surface area contributed by atoms with Gasteiger partial charge in [0.1, 0.15) is 22.3 Å². The van der Waals surface area contributed by atoms with Crippen molar-refractivity contribution in [2.24, 2.45) is 0 Å². The molecule has 6 heteroatoms. The lowest BCUT2D eigenvalue weighted by molar-refractivity contribution is 0.668. The van der Waals surface area contributed by atoms with Crippen molar-refractivity contribution < 1.29 is 8.83 Å². The van der Waals surface area contributed by atoms with Crippen LogP contribution in [0.1, 0.15) is 0 Å². The van der Waals surface area contributed by atoms with Gasteiger partial charge in [0, 0.05) is 75.4 Å². The highest BCUT2D eigenvalue weighted by molar-refractivity contribution is 6.40. The number of para-hydroxylation sites is 6. The number of hydrogen-bond donors (Lipinski definition) is 0. The lowest BCUT2D eigenvalue weighted by Crippen LogP contribution is -1.94. The quantitative estimate of drug-likeness (QED) is 0.173. The molecule has 0 bridgehead atoms. The molecule has 0 saturated carbocycles. The minimum atomic E-state index is 0.885. The van der Waals surface area contributed by atoms with Crippen LogP contribution in [0.2, 0.25) is 0 Å². The maximum absolute atomic E-state index is 6.54. The zero-order chi connectivity index (χ0) is 46.2. The molecule has 0 saturated heterocycles. The number of fused-ring (bicyclic) bond motifs is 26. The van der Waals surface area contributed by atoms with Gasteiger partial charge in [-0.2, -0.15) is 0 Å². The summed E-state index contributed by atoms with van der Waals surface area (Å²) in [6, 6.07) is 75.8. The minimum Gasteiger partial charge on any atom is -0.456 e. The van der Waals surface area contributed by atoms with Crippen LogP contribution in [0.3, 0.4) is 0 Å². The fourth-order valence-corrected chi connectivity index (χ4v) is 13.9. The standard InChI is InChI=1S/C66H34N4O2/c1-7-21-45-35(15-1)41-32-53-61(37-17-3-9-23-47(37)67(53)49-25-13-29-57-59(49)39-19-5-11-27-55(39)71-57)63-43-31-44-52(34-51(43)69(45)65(41)63)70-46-22-8-2-16-36(46)42-33-54-62(64(44)66(42)70)38-18-4-10-24-48(38)68(54)50-26-14-30-58-60(50)40-20-6-12-28-56(40)72-58/h1-34H. The largest absolute Gasteiger partial charge is 0.456 e. The first-order valence-corrected chi connectivity index (χ1v) is 24.8. The van der Waals surface area contributed by atoms with E-state index in [1.807, 2.05) is 0 Å². The van der Waals surface area contributed by atoms with E-state index in [0.29, 0.717) is 0 Å². The molecular formula is C66H34N4O2. The van der Waals surface area contributed by atoms with Gasteiger partial charge in [-0.25, -0.2) is 0 Å². The lowest BCUT2D eigenvalue weighted by Gasteiger charge is -2.10. The fourth-order valence-electron chi connectivity index (χ4n) is 13.9. The van der Waals surface area contributed by atoms with E-state index in [0.717, 1.165) is 55.3 Å². The molecule has 8 aromatic heterocycles. The van der Waals surface area contributed by atoms with E-state index >= 15 is 0 Å². The average molecular weight is 915 g/mol. The van der Waals surface area contributed by atoms with Crippen molar-refractivity contribution in [2.75, 3.05) is 0 Å². The van der Waals surface area contributed by atoms with Gasteiger partial charge in [-0.1, -0.05) is 121 Å². The zero-order valence-corrected chi connectivity index (χ0v) is 38.2. The average Bonchev–Trinajstić information content (AvgIpc) is 4.31. The van der Waals surface area contributed by atoms with E-state index in [4.69, 9.17) is 8.83 Å². The van der Waals surface area contributed by atoms with Gasteiger partial charge in [-0.3, -0.25) is 0 Å². The van der Waals surface area contributed by atoms with Crippen molar-refractivity contribution in [1.82, 2.24) is 17.9 Å². The van der Waals surface area contributed by atoms with Crippen molar-refractivity contribution in [2.45, 2.75) is 0 Å².